The molecule has 0 atom stereocenters. The smallest absolute Gasteiger partial charge is 0.357 e. The zero-order valence-corrected chi connectivity index (χ0v) is 13.6. The number of anilines is 1. The van der Waals surface area contributed by atoms with E-state index < -0.39 is 5.97 Å². The second kappa shape index (κ2) is 6.41. The highest BCUT2D eigenvalue weighted by atomic mass is 127. The number of nitrogens with two attached hydrogens (primary N) is 1. The van der Waals surface area contributed by atoms with Crippen LogP contribution in [0.15, 0.2) is 30.5 Å². The van der Waals surface area contributed by atoms with Crippen LogP contribution >= 0.6 is 34.2 Å². The number of carbonyl (C=O) groups excluding carboxylic acids is 1. The monoisotopic (exact) mass is 402 g/mol. The fourth-order valence-electron chi connectivity index (χ4n) is 1.80. The van der Waals surface area contributed by atoms with Gasteiger partial charge in [-0.3, -0.25) is 0 Å². The number of ether oxygens (including phenoxy) is 1. The van der Waals surface area contributed by atoms with Gasteiger partial charge in [0.15, 0.2) is 5.69 Å². The summed E-state index contributed by atoms with van der Waals surface area (Å²) in [5.74, 6) is -0.520. The molecule has 0 aliphatic heterocycles. The quantitative estimate of drug-likeness (QED) is 0.632. The predicted molar refractivity (Wildman–Crippen MR) is 87.0 cm³/mol. The number of carbonyl (C=O) groups is 1. The molecule has 1 aromatic heterocycles. The standard InChI is InChI=1S/C14H12ClIN2O2/c1-20-14(19)13-10(12(17)11(15)7-18-13)6-8-2-4-9(16)5-3-8/h2-5,7H,6H2,1H3,(H2,17,18). The number of methoxy groups -OCH3 is 1. The van der Waals surface area contributed by atoms with Crippen molar-refractivity contribution in [2.24, 2.45) is 0 Å². The van der Waals surface area contributed by atoms with E-state index in [2.05, 4.69) is 27.6 Å². The van der Waals surface area contributed by atoms with Crippen molar-refractivity contribution >= 4 is 45.8 Å². The van der Waals surface area contributed by atoms with Crippen LogP contribution in [0.4, 0.5) is 5.69 Å². The molecule has 0 radical (unpaired) electrons. The minimum atomic E-state index is -0.520. The lowest BCUT2D eigenvalue weighted by Gasteiger charge is -2.11. The van der Waals surface area contributed by atoms with Crippen LogP contribution in [-0.2, 0) is 11.2 Å². The fraction of sp³-hybridized carbons (Fsp3) is 0.143. The van der Waals surface area contributed by atoms with Gasteiger partial charge in [0.05, 0.1) is 17.8 Å². The SMILES string of the molecule is COC(=O)c1ncc(Cl)c(N)c1Cc1ccc(I)cc1. The van der Waals surface area contributed by atoms with E-state index in [1.165, 1.54) is 13.3 Å². The van der Waals surface area contributed by atoms with Gasteiger partial charge in [-0.15, -0.1) is 0 Å². The van der Waals surface area contributed by atoms with Gasteiger partial charge in [-0.05, 0) is 40.3 Å². The first-order valence-corrected chi connectivity index (χ1v) is 7.24. The molecule has 104 valence electrons. The summed E-state index contributed by atoms with van der Waals surface area (Å²) in [6.07, 6.45) is 1.83. The van der Waals surface area contributed by atoms with E-state index in [-0.39, 0.29) is 5.69 Å². The van der Waals surface area contributed by atoms with Crippen LogP contribution in [0.3, 0.4) is 0 Å². The zero-order chi connectivity index (χ0) is 14.7. The Kier molecular flexibility index (Phi) is 4.82. The summed E-state index contributed by atoms with van der Waals surface area (Å²) >= 11 is 8.21. The van der Waals surface area contributed by atoms with Gasteiger partial charge in [-0.25, -0.2) is 9.78 Å². The summed E-state index contributed by atoms with van der Waals surface area (Å²) in [5, 5.41) is 0.332. The molecule has 0 aliphatic rings. The number of aromatic nitrogens is 1. The van der Waals surface area contributed by atoms with Crippen LogP contribution in [0.25, 0.3) is 0 Å². The Balaban J connectivity index is 2.45. The van der Waals surface area contributed by atoms with Crippen molar-refractivity contribution in [2.75, 3.05) is 12.8 Å². The van der Waals surface area contributed by atoms with Gasteiger partial charge in [0.1, 0.15) is 0 Å². The first kappa shape index (κ1) is 15.1. The highest BCUT2D eigenvalue weighted by Gasteiger charge is 2.18. The highest BCUT2D eigenvalue weighted by Crippen LogP contribution is 2.27. The molecule has 0 saturated heterocycles. The number of hydrogen-bond acceptors (Lipinski definition) is 4. The molecule has 0 amide bonds. The molecular weight excluding hydrogens is 391 g/mol. The van der Waals surface area contributed by atoms with Crippen molar-refractivity contribution in [2.45, 2.75) is 6.42 Å². The van der Waals surface area contributed by atoms with Crippen LogP contribution < -0.4 is 5.73 Å². The van der Waals surface area contributed by atoms with Crippen molar-refractivity contribution in [1.82, 2.24) is 4.98 Å². The number of hydrogen-bond donors (Lipinski definition) is 1. The van der Waals surface area contributed by atoms with Gasteiger partial charge in [-0.2, -0.15) is 0 Å². The van der Waals surface area contributed by atoms with Gasteiger partial charge >= 0.3 is 5.97 Å². The molecule has 2 aromatic rings. The van der Waals surface area contributed by atoms with Crippen molar-refractivity contribution < 1.29 is 9.53 Å². The molecule has 20 heavy (non-hydrogen) atoms. The first-order chi connectivity index (χ1) is 9.52. The molecule has 6 heteroatoms. The number of pyridine rings is 1. The van der Waals surface area contributed by atoms with E-state index >= 15 is 0 Å². The Morgan fingerprint density at radius 2 is 2.05 bits per heavy atom. The third-order valence-electron chi connectivity index (χ3n) is 2.85. The average molecular weight is 403 g/mol. The molecule has 2 N–H and O–H groups in total. The molecule has 2 rings (SSSR count). The maximum atomic E-state index is 11.8. The van der Waals surface area contributed by atoms with Crippen LogP contribution in [0.5, 0.6) is 0 Å². The zero-order valence-electron chi connectivity index (χ0n) is 10.7. The van der Waals surface area contributed by atoms with Crippen molar-refractivity contribution in [1.29, 1.82) is 0 Å². The van der Waals surface area contributed by atoms with Gasteiger partial charge in [0.2, 0.25) is 0 Å². The van der Waals surface area contributed by atoms with Crippen molar-refractivity contribution in [3.8, 4) is 0 Å². The topological polar surface area (TPSA) is 65.2 Å². The number of benzene rings is 1. The summed E-state index contributed by atoms with van der Waals surface area (Å²) in [6.45, 7) is 0. The van der Waals surface area contributed by atoms with Gasteiger partial charge in [0.25, 0.3) is 0 Å². The molecule has 0 saturated carbocycles. The van der Waals surface area contributed by atoms with Crippen molar-refractivity contribution in [3.63, 3.8) is 0 Å². The number of esters is 1. The minimum Gasteiger partial charge on any atom is -0.464 e. The van der Waals surface area contributed by atoms with Crippen LogP contribution in [0.1, 0.15) is 21.6 Å². The normalized spacial score (nSPS) is 10.3. The van der Waals surface area contributed by atoms with E-state index in [0.717, 1.165) is 9.13 Å². The number of halogens is 2. The number of rotatable bonds is 3. The third-order valence-corrected chi connectivity index (χ3v) is 3.87. The molecule has 0 fully saturated rings. The van der Waals surface area contributed by atoms with E-state index in [1.807, 2.05) is 24.3 Å². The third kappa shape index (κ3) is 3.21. The molecule has 0 aliphatic carbocycles. The minimum absolute atomic E-state index is 0.202. The summed E-state index contributed by atoms with van der Waals surface area (Å²) in [6, 6.07) is 7.93. The van der Waals surface area contributed by atoms with E-state index in [9.17, 15) is 4.79 Å². The van der Waals surface area contributed by atoms with E-state index in [0.29, 0.717) is 22.7 Å². The predicted octanol–water partition coefficient (Wildman–Crippen LogP) is 3.30. The first-order valence-electron chi connectivity index (χ1n) is 5.78. The summed E-state index contributed by atoms with van der Waals surface area (Å²) in [5.41, 5.74) is 8.14. The van der Waals surface area contributed by atoms with Crippen LogP contribution in [0.2, 0.25) is 5.02 Å². The molecule has 1 aromatic carbocycles. The Labute approximate surface area is 135 Å². The highest BCUT2D eigenvalue weighted by molar-refractivity contribution is 14.1. The van der Waals surface area contributed by atoms with E-state index in [4.69, 9.17) is 22.1 Å². The Morgan fingerprint density at radius 3 is 2.65 bits per heavy atom. The molecule has 0 spiro atoms. The molecule has 1 heterocycles. The lowest BCUT2D eigenvalue weighted by atomic mass is 10.0. The largest absolute Gasteiger partial charge is 0.464 e. The van der Waals surface area contributed by atoms with Gasteiger partial charge < -0.3 is 10.5 Å². The molecule has 4 nitrogen and oxygen atoms in total. The molecule has 0 unspecified atom stereocenters. The Hall–Kier alpha value is -1.34. The second-order valence-electron chi connectivity index (χ2n) is 4.14. The van der Waals surface area contributed by atoms with Crippen LogP contribution in [-0.4, -0.2) is 18.1 Å². The Bertz CT molecular complexity index is 644. The fourth-order valence-corrected chi connectivity index (χ4v) is 2.32. The summed E-state index contributed by atoms with van der Waals surface area (Å²) in [4.78, 5) is 15.8. The van der Waals surface area contributed by atoms with Crippen molar-refractivity contribution in [3.05, 3.63) is 55.9 Å². The maximum Gasteiger partial charge on any atom is 0.357 e. The lowest BCUT2D eigenvalue weighted by Crippen LogP contribution is -2.11. The second-order valence-corrected chi connectivity index (χ2v) is 5.79. The van der Waals surface area contributed by atoms with E-state index in [1.54, 1.807) is 0 Å². The summed E-state index contributed by atoms with van der Waals surface area (Å²) < 4.78 is 5.86. The van der Waals surface area contributed by atoms with Gasteiger partial charge in [0, 0.05) is 21.8 Å². The van der Waals surface area contributed by atoms with Crippen LogP contribution in [0, 0.1) is 3.57 Å². The maximum absolute atomic E-state index is 11.8. The summed E-state index contributed by atoms with van der Waals surface area (Å²) in [7, 11) is 1.31. The average Bonchev–Trinajstić information content (AvgIpc) is 2.45. The lowest BCUT2D eigenvalue weighted by molar-refractivity contribution is 0.0593. The van der Waals surface area contributed by atoms with Gasteiger partial charge in [-0.1, -0.05) is 23.7 Å². The molecule has 0 bridgehead atoms. The number of nitrogen functional groups attached to an aromatic ring is 1. The Morgan fingerprint density at radius 1 is 1.40 bits per heavy atom. The molecular formula is C14H12ClIN2O2. The number of nitrogens with zero attached hydrogens (tertiary/aromatic N) is 1.